The van der Waals surface area contributed by atoms with Crippen molar-refractivity contribution >= 4 is 11.8 Å². The summed E-state index contributed by atoms with van der Waals surface area (Å²) in [6.45, 7) is 4.28. The molecule has 1 spiro atoms. The summed E-state index contributed by atoms with van der Waals surface area (Å²) in [6.07, 6.45) is 2.24. The second kappa shape index (κ2) is 7.67. The van der Waals surface area contributed by atoms with Crippen molar-refractivity contribution in [3.8, 4) is 0 Å². The minimum Gasteiger partial charge on any atom is -0.383 e. The van der Waals surface area contributed by atoms with Crippen LogP contribution in [0.5, 0.6) is 0 Å². The molecule has 1 aromatic heterocycles. The molecule has 1 aromatic rings. The zero-order chi connectivity index (χ0) is 19.6. The highest BCUT2D eigenvalue weighted by Gasteiger charge is 2.49. The Bertz CT molecular complexity index is 845. The highest BCUT2D eigenvalue weighted by atomic mass is 16.5. The number of likely N-dealkylation sites (tertiary alicyclic amines) is 2. The molecule has 2 amide bonds. The van der Waals surface area contributed by atoms with Crippen molar-refractivity contribution in [3.05, 3.63) is 32.1 Å². The molecule has 0 bridgehead atoms. The summed E-state index contributed by atoms with van der Waals surface area (Å²) in [7, 11) is 1.61. The van der Waals surface area contributed by atoms with Crippen LogP contribution in [-0.4, -0.2) is 71.5 Å². The normalized spacial score (nSPS) is 22.7. The van der Waals surface area contributed by atoms with Gasteiger partial charge in [-0.1, -0.05) is 0 Å². The molecular formula is C18H26N4O5. The van der Waals surface area contributed by atoms with E-state index in [1.54, 1.807) is 18.9 Å². The predicted octanol–water partition coefficient (Wildman–Crippen LogP) is -0.598. The van der Waals surface area contributed by atoms with Gasteiger partial charge in [-0.25, -0.2) is 4.79 Å². The topological polar surface area (TPSA) is 116 Å². The summed E-state index contributed by atoms with van der Waals surface area (Å²) in [5.41, 5.74) is -0.993. The molecule has 2 saturated heterocycles. The largest absolute Gasteiger partial charge is 0.383 e. The highest BCUT2D eigenvalue weighted by molar-refractivity contribution is 5.86. The molecule has 3 rings (SSSR count). The van der Waals surface area contributed by atoms with Crippen molar-refractivity contribution in [2.24, 2.45) is 5.41 Å². The Kier molecular flexibility index (Phi) is 5.50. The lowest BCUT2D eigenvalue weighted by Gasteiger charge is -2.39. The van der Waals surface area contributed by atoms with E-state index in [0.717, 1.165) is 19.4 Å². The minimum atomic E-state index is -0.585. The summed E-state index contributed by atoms with van der Waals surface area (Å²) in [5, 5.41) is 0. The summed E-state index contributed by atoms with van der Waals surface area (Å²) in [6, 6.07) is 0. The minimum absolute atomic E-state index is 0.0877. The number of aryl methyl sites for hydroxylation is 1. The van der Waals surface area contributed by atoms with Gasteiger partial charge in [-0.15, -0.1) is 0 Å². The number of hydrogen-bond donors (Lipinski definition) is 2. The molecule has 2 aliphatic rings. The number of piperidine rings is 1. The fourth-order valence-corrected chi connectivity index (χ4v) is 4.13. The maximum Gasteiger partial charge on any atom is 0.325 e. The molecule has 0 saturated carbocycles. The van der Waals surface area contributed by atoms with Gasteiger partial charge < -0.3 is 19.5 Å². The number of nitrogens with zero attached hydrogens (tertiary/aromatic N) is 2. The SMILES string of the molecule is COCCN1CCCC2(CCN(C(=O)Cc3c(C)[nH]c(=O)[nH]c3=O)C2)C1=O. The molecule has 1 unspecified atom stereocenters. The molecule has 3 heterocycles. The number of carbonyl (C=O) groups is 2. The first-order chi connectivity index (χ1) is 12.9. The number of nitrogens with one attached hydrogen (secondary N) is 2. The molecule has 0 aliphatic carbocycles. The van der Waals surface area contributed by atoms with Crippen LogP contribution in [0.25, 0.3) is 0 Å². The number of ether oxygens (including phenoxy) is 1. The van der Waals surface area contributed by atoms with Gasteiger partial charge in [-0.3, -0.25) is 19.4 Å². The molecule has 9 heteroatoms. The monoisotopic (exact) mass is 378 g/mol. The van der Waals surface area contributed by atoms with Gasteiger partial charge in [0.25, 0.3) is 5.56 Å². The van der Waals surface area contributed by atoms with Gasteiger partial charge in [0.15, 0.2) is 0 Å². The van der Waals surface area contributed by atoms with E-state index < -0.39 is 16.7 Å². The molecule has 0 radical (unpaired) electrons. The summed E-state index contributed by atoms with van der Waals surface area (Å²) in [4.78, 5) is 57.1. The standard InChI is InChI=1S/C18H26N4O5/c1-12-13(15(24)20-17(26)19-12)10-14(23)22-7-5-18(11-22)4-3-6-21(16(18)25)8-9-27-2/h3-11H2,1-2H3,(H2,19,20,24,26). The van der Waals surface area contributed by atoms with Gasteiger partial charge in [-0.05, 0) is 26.2 Å². The van der Waals surface area contributed by atoms with Crippen LogP contribution in [-0.2, 0) is 20.7 Å². The average Bonchev–Trinajstić information content (AvgIpc) is 3.04. The molecular weight excluding hydrogens is 352 g/mol. The maximum absolute atomic E-state index is 13.0. The lowest BCUT2D eigenvalue weighted by molar-refractivity contribution is -0.146. The van der Waals surface area contributed by atoms with Crippen LogP contribution in [0.2, 0.25) is 0 Å². The Morgan fingerprint density at radius 3 is 2.67 bits per heavy atom. The molecule has 2 aliphatic heterocycles. The zero-order valence-electron chi connectivity index (χ0n) is 15.8. The number of H-pyrrole nitrogens is 2. The van der Waals surface area contributed by atoms with Crippen molar-refractivity contribution < 1.29 is 14.3 Å². The van der Waals surface area contributed by atoms with Crippen molar-refractivity contribution in [1.82, 2.24) is 19.8 Å². The zero-order valence-corrected chi connectivity index (χ0v) is 15.8. The number of amides is 2. The van der Waals surface area contributed by atoms with Crippen LogP contribution in [0.3, 0.4) is 0 Å². The average molecular weight is 378 g/mol. The van der Waals surface area contributed by atoms with Crippen molar-refractivity contribution in [1.29, 1.82) is 0 Å². The van der Waals surface area contributed by atoms with Crippen LogP contribution in [0.15, 0.2) is 9.59 Å². The highest BCUT2D eigenvalue weighted by Crippen LogP contribution is 2.40. The molecule has 148 valence electrons. The molecule has 27 heavy (non-hydrogen) atoms. The van der Waals surface area contributed by atoms with Crippen molar-refractivity contribution in [3.63, 3.8) is 0 Å². The second-order valence-electron chi connectivity index (χ2n) is 7.42. The molecule has 0 aromatic carbocycles. The fourth-order valence-electron chi connectivity index (χ4n) is 4.13. The Balaban J connectivity index is 1.70. The Morgan fingerprint density at radius 1 is 1.19 bits per heavy atom. The van der Waals surface area contributed by atoms with Gasteiger partial charge in [0.1, 0.15) is 0 Å². The summed E-state index contributed by atoms with van der Waals surface area (Å²) in [5.74, 6) is -0.103. The second-order valence-corrected chi connectivity index (χ2v) is 7.42. The number of carbonyl (C=O) groups excluding carboxylic acids is 2. The van der Waals surface area contributed by atoms with E-state index in [9.17, 15) is 19.2 Å². The molecule has 9 nitrogen and oxygen atoms in total. The van der Waals surface area contributed by atoms with Gasteiger partial charge in [0.05, 0.1) is 18.4 Å². The van der Waals surface area contributed by atoms with Gasteiger partial charge >= 0.3 is 5.69 Å². The first kappa shape index (κ1) is 19.3. The van der Waals surface area contributed by atoms with E-state index in [2.05, 4.69) is 9.97 Å². The van der Waals surface area contributed by atoms with E-state index >= 15 is 0 Å². The fraction of sp³-hybridized carbons (Fsp3) is 0.667. The van der Waals surface area contributed by atoms with Gasteiger partial charge in [0, 0.05) is 44.5 Å². The third-order valence-corrected chi connectivity index (χ3v) is 5.68. The van der Waals surface area contributed by atoms with E-state index in [0.29, 0.717) is 38.4 Å². The Hall–Kier alpha value is -2.42. The van der Waals surface area contributed by atoms with Crippen LogP contribution in [0.1, 0.15) is 30.5 Å². The van der Waals surface area contributed by atoms with Crippen LogP contribution >= 0.6 is 0 Å². The number of aromatic nitrogens is 2. The number of aromatic amines is 2. The molecule has 2 N–H and O–H groups in total. The predicted molar refractivity (Wildman–Crippen MR) is 97.4 cm³/mol. The Morgan fingerprint density at radius 2 is 1.96 bits per heavy atom. The smallest absolute Gasteiger partial charge is 0.325 e. The molecule has 1 atom stereocenters. The van der Waals surface area contributed by atoms with Crippen LogP contribution in [0, 0.1) is 12.3 Å². The third kappa shape index (κ3) is 3.83. The number of rotatable bonds is 5. The van der Waals surface area contributed by atoms with Gasteiger partial charge in [0.2, 0.25) is 11.8 Å². The quantitative estimate of drug-likeness (QED) is 0.710. The van der Waals surface area contributed by atoms with E-state index in [1.807, 2.05) is 4.90 Å². The Labute approximate surface area is 156 Å². The van der Waals surface area contributed by atoms with Gasteiger partial charge in [-0.2, -0.15) is 0 Å². The van der Waals surface area contributed by atoms with Crippen LogP contribution < -0.4 is 11.2 Å². The van der Waals surface area contributed by atoms with E-state index in [-0.39, 0.29) is 23.8 Å². The first-order valence-corrected chi connectivity index (χ1v) is 9.24. The van der Waals surface area contributed by atoms with E-state index in [4.69, 9.17) is 4.74 Å². The van der Waals surface area contributed by atoms with E-state index in [1.165, 1.54) is 0 Å². The van der Waals surface area contributed by atoms with Crippen molar-refractivity contribution in [2.75, 3.05) is 39.9 Å². The summed E-state index contributed by atoms with van der Waals surface area (Å²) >= 11 is 0. The lowest BCUT2D eigenvalue weighted by Crippen LogP contribution is -2.51. The van der Waals surface area contributed by atoms with Crippen LogP contribution in [0.4, 0.5) is 0 Å². The number of hydrogen-bond acceptors (Lipinski definition) is 5. The van der Waals surface area contributed by atoms with Crippen molar-refractivity contribution in [2.45, 2.75) is 32.6 Å². The molecule has 2 fully saturated rings. The summed E-state index contributed by atoms with van der Waals surface area (Å²) < 4.78 is 5.08. The first-order valence-electron chi connectivity index (χ1n) is 9.24. The number of methoxy groups -OCH3 is 1. The third-order valence-electron chi connectivity index (χ3n) is 5.68. The lowest BCUT2D eigenvalue weighted by atomic mass is 9.78. The maximum atomic E-state index is 13.0.